The number of benzene rings is 1. The first-order valence-electron chi connectivity index (χ1n) is 8.11. The number of hydrogen-bond acceptors (Lipinski definition) is 6. The van der Waals surface area contributed by atoms with Gasteiger partial charge in [0.2, 0.25) is 0 Å². The van der Waals surface area contributed by atoms with Crippen LogP contribution in [0.4, 0.5) is 0 Å². The second-order valence-electron chi connectivity index (χ2n) is 5.25. The van der Waals surface area contributed by atoms with Crippen molar-refractivity contribution in [1.82, 2.24) is 10.8 Å². The van der Waals surface area contributed by atoms with Gasteiger partial charge in [0.15, 0.2) is 0 Å². The summed E-state index contributed by atoms with van der Waals surface area (Å²) in [6, 6.07) is 8.71. The van der Waals surface area contributed by atoms with E-state index in [1.54, 1.807) is 7.85 Å². The van der Waals surface area contributed by atoms with E-state index in [-0.39, 0.29) is 13.2 Å². The number of carbonyl (C=O) groups is 2. The lowest BCUT2D eigenvalue weighted by Gasteiger charge is -2.22. The molecular formula is C16H25BN2O5. The van der Waals surface area contributed by atoms with Crippen LogP contribution in [0.1, 0.15) is 25.3 Å². The fraction of sp³-hybridized carbons (Fsp3) is 0.500. The smallest absolute Gasteiger partial charge is 0.325 e. The van der Waals surface area contributed by atoms with Crippen molar-refractivity contribution in [2.45, 2.75) is 38.5 Å². The molecule has 3 N–H and O–H groups in total. The zero-order valence-corrected chi connectivity index (χ0v) is 14.2. The lowest BCUT2D eigenvalue weighted by molar-refractivity contribution is -0.146. The average Bonchev–Trinajstić information content (AvgIpc) is 2.61. The van der Waals surface area contributed by atoms with Gasteiger partial charge in [-0.15, -0.1) is 0 Å². The summed E-state index contributed by atoms with van der Waals surface area (Å²) in [5, 5.41) is 12.4. The number of amides is 1. The van der Waals surface area contributed by atoms with Gasteiger partial charge in [0.1, 0.15) is 27.1 Å². The SMILES string of the molecule is BCONC(CCC)C(O)C(=O)NCC(=O)OCc1ccccc1. The van der Waals surface area contributed by atoms with Gasteiger partial charge in [-0.05, 0) is 12.0 Å². The molecule has 0 aromatic heterocycles. The lowest BCUT2D eigenvalue weighted by atomic mass is 10.1. The minimum absolute atomic E-state index is 0.141. The summed E-state index contributed by atoms with van der Waals surface area (Å²) in [4.78, 5) is 28.6. The van der Waals surface area contributed by atoms with Crippen LogP contribution in [-0.4, -0.2) is 50.0 Å². The molecule has 132 valence electrons. The Bertz CT molecular complexity index is 501. The number of aliphatic hydroxyl groups is 1. The van der Waals surface area contributed by atoms with Crippen LogP contribution in [0.25, 0.3) is 0 Å². The highest BCUT2D eigenvalue weighted by atomic mass is 16.6. The summed E-state index contributed by atoms with van der Waals surface area (Å²) in [6.45, 7) is 2.20. The van der Waals surface area contributed by atoms with Gasteiger partial charge >= 0.3 is 5.97 Å². The number of rotatable bonds is 11. The van der Waals surface area contributed by atoms with E-state index in [1.165, 1.54) is 0 Å². The Balaban J connectivity index is 2.35. The van der Waals surface area contributed by atoms with Crippen molar-refractivity contribution >= 4 is 19.7 Å². The van der Waals surface area contributed by atoms with Crippen molar-refractivity contribution in [2.75, 3.05) is 13.1 Å². The number of ether oxygens (including phenoxy) is 1. The van der Waals surface area contributed by atoms with Crippen LogP contribution in [0, 0.1) is 0 Å². The zero-order chi connectivity index (χ0) is 17.8. The third kappa shape index (κ3) is 7.58. The van der Waals surface area contributed by atoms with E-state index in [4.69, 9.17) is 9.57 Å². The number of nitrogens with one attached hydrogen (secondary N) is 2. The maximum absolute atomic E-state index is 11.9. The predicted octanol–water partition coefficient (Wildman–Crippen LogP) is -0.513. The number of hydroxylamine groups is 1. The molecular weight excluding hydrogens is 311 g/mol. The van der Waals surface area contributed by atoms with E-state index >= 15 is 0 Å². The van der Waals surface area contributed by atoms with Crippen LogP contribution in [0.3, 0.4) is 0 Å². The van der Waals surface area contributed by atoms with Crippen molar-refractivity contribution < 1.29 is 24.3 Å². The van der Waals surface area contributed by atoms with Crippen molar-refractivity contribution in [3.63, 3.8) is 0 Å². The molecule has 0 saturated heterocycles. The summed E-state index contributed by atoms with van der Waals surface area (Å²) < 4.78 is 5.06. The van der Waals surface area contributed by atoms with Gasteiger partial charge in [0, 0.05) is 6.51 Å². The summed E-state index contributed by atoms with van der Waals surface area (Å²) >= 11 is 0. The Morgan fingerprint density at radius 2 is 2.00 bits per heavy atom. The minimum atomic E-state index is -1.31. The third-order valence-electron chi connectivity index (χ3n) is 3.28. The Hall–Kier alpha value is -1.90. The fourth-order valence-corrected chi connectivity index (χ4v) is 2.02. The molecule has 0 aliphatic carbocycles. The predicted molar refractivity (Wildman–Crippen MR) is 91.6 cm³/mol. The average molecular weight is 336 g/mol. The standard InChI is InChI=1S/C16H25BN2O5/c1-2-6-13(19-24-11-17)15(21)16(22)18-9-14(20)23-10-12-7-4-3-5-8-12/h3-5,7-8,13,15,19,21H,2,6,9-11,17H2,1H3,(H,18,22). The third-order valence-corrected chi connectivity index (χ3v) is 3.28. The largest absolute Gasteiger partial charge is 0.460 e. The van der Waals surface area contributed by atoms with E-state index in [0.717, 1.165) is 12.0 Å². The summed E-state index contributed by atoms with van der Waals surface area (Å²) in [6.07, 6.45) is 0.0275. The molecule has 1 rings (SSSR count). The fourth-order valence-electron chi connectivity index (χ4n) is 2.02. The highest BCUT2D eigenvalue weighted by Gasteiger charge is 2.26. The molecule has 8 heteroatoms. The first kappa shape index (κ1) is 20.2. The number of hydrogen-bond donors (Lipinski definition) is 3. The van der Waals surface area contributed by atoms with E-state index < -0.39 is 24.0 Å². The quantitative estimate of drug-likeness (QED) is 0.286. The van der Waals surface area contributed by atoms with E-state index in [1.807, 2.05) is 37.3 Å². The van der Waals surface area contributed by atoms with Gasteiger partial charge < -0.3 is 20.0 Å². The Morgan fingerprint density at radius 1 is 1.29 bits per heavy atom. The molecule has 0 aliphatic heterocycles. The second-order valence-corrected chi connectivity index (χ2v) is 5.25. The van der Waals surface area contributed by atoms with Gasteiger partial charge in [-0.3, -0.25) is 9.59 Å². The van der Waals surface area contributed by atoms with Crippen molar-refractivity contribution in [3.8, 4) is 0 Å². The molecule has 2 atom stereocenters. The van der Waals surface area contributed by atoms with E-state index in [0.29, 0.717) is 12.9 Å². The molecule has 0 radical (unpaired) electrons. The molecule has 1 aromatic carbocycles. The van der Waals surface area contributed by atoms with Crippen LogP contribution < -0.4 is 10.8 Å². The number of carbonyl (C=O) groups excluding carboxylic acids is 2. The van der Waals surface area contributed by atoms with Crippen LogP contribution in [0.5, 0.6) is 0 Å². The Kier molecular flexibility index (Phi) is 9.75. The number of aliphatic hydroxyl groups excluding tert-OH is 1. The molecule has 0 fully saturated rings. The molecule has 24 heavy (non-hydrogen) atoms. The van der Waals surface area contributed by atoms with Gasteiger partial charge in [-0.2, -0.15) is 5.48 Å². The first-order valence-corrected chi connectivity index (χ1v) is 8.11. The van der Waals surface area contributed by atoms with Gasteiger partial charge in [-0.1, -0.05) is 43.7 Å². The molecule has 0 aliphatic rings. The molecule has 7 nitrogen and oxygen atoms in total. The van der Waals surface area contributed by atoms with Crippen molar-refractivity contribution in [1.29, 1.82) is 0 Å². The van der Waals surface area contributed by atoms with E-state index in [9.17, 15) is 14.7 Å². The summed E-state index contributed by atoms with van der Waals surface area (Å²) in [7, 11) is 1.80. The van der Waals surface area contributed by atoms with Gasteiger partial charge in [-0.25, -0.2) is 0 Å². The maximum atomic E-state index is 11.9. The first-order chi connectivity index (χ1) is 11.6. The molecule has 1 amide bonds. The van der Waals surface area contributed by atoms with Gasteiger partial charge in [0.25, 0.3) is 5.91 Å². The summed E-state index contributed by atoms with van der Waals surface area (Å²) in [5.41, 5.74) is 3.52. The van der Waals surface area contributed by atoms with Crippen molar-refractivity contribution in [2.24, 2.45) is 0 Å². The normalized spacial score (nSPS) is 13.1. The van der Waals surface area contributed by atoms with E-state index in [2.05, 4.69) is 10.8 Å². The van der Waals surface area contributed by atoms with Crippen LogP contribution in [-0.2, 0) is 25.8 Å². The second kappa shape index (κ2) is 11.6. The van der Waals surface area contributed by atoms with Crippen LogP contribution in [0.15, 0.2) is 30.3 Å². The zero-order valence-electron chi connectivity index (χ0n) is 14.2. The molecule has 0 heterocycles. The molecule has 0 spiro atoms. The monoisotopic (exact) mass is 336 g/mol. The minimum Gasteiger partial charge on any atom is -0.460 e. The highest BCUT2D eigenvalue weighted by molar-refractivity contribution is 6.08. The van der Waals surface area contributed by atoms with Crippen LogP contribution >= 0.6 is 0 Å². The molecule has 2 unspecified atom stereocenters. The lowest BCUT2D eigenvalue weighted by Crippen LogP contribution is -2.49. The summed E-state index contributed by atoms with van der Waals surface area (Å²) in [5.74, 6) is -1.21. The maximum Gasteiger partial charge on any atom is 0.325 e. The topological polar surface area (TPSA) is 96.9 Å². The molecule has 0 bridgehead atoms. The van der Waals surface area contributed by atoms with Crippen molar-refractivity contribution in [3.05, 3.63) is 35.9 Å². The van der Waals surface area contributed by atoms with Gasteiger partial charge in [0.05, 0.1) is 6.04 Å². The Labute approximate surface area is 143 Å². The number of esters is 1. The highest BCUT2D eigenvalue weighted by Crippen LogP contribution is 2.04. The Morgan fingerprint density at radius 3 is 2.62 bits per heavy atom. The molecule has 0 saturated carbocycles. The molecule has 1 aromatic rings. The van der Waals surface area contributed by atoms with Crippen LogP contribution in [0.2, 0.25) is 0 Å².